The summed E-state index contributed by atoms with van der Waals surface area (Å²) in [5.74, 6) is 1.01. The van der Waals surface area contributed by atoms with Gasteiger partial charge in [0.15, 0.2) is 17.0 Å². The Morgan fingerprint density at radius 2 is 1.97 bits per heavy atom. The molecular weight excluding hydrogens is 430 g/mol. The number of carbonyl (C=O) groups excluding carboxylic acids is 1. The molecule has 10 nitrogen and oxygen atoms in total. The number of nitrogens with two attached hydrogens (primary N) is 1. The molecule has 1 aliphatic rings. The molecule has 1 amide bonds. The van der Waals surface area contributed by atoms with Gasteiger partial charge in [0.25, 0.3) is 0 Å². The van der Waals surface area contributed by atoms with Crippen LogP contribution in [0.2, 0.25) is 0 Å². The van der Waals surface area contributed by atoms with Crippen LogP contribution in [0.3, 0.4) is 0 Å². The highest BCUT2D eigenvalue weighted by atomic mass is 16.1. The number of aromatic nitrogens is 6. The minimum absolute atomic E-state index is 0.0856. The van der Waals surface area contributed by atoms with Crippen LogP contribution in [0, 0.1) is 5.92 Å². The van der Waals surface area contributed by atoms with Crippen molar-refractivity contribution in [1.82, 2.24) is 29.3 Å². The summed E-state index contributed by atoms with van der Waals surface area (Å²) in [6.07, 6.45) is 6.93. The van der Waals surface area contributed by atoms with E-state index in [9.17, 15) is 4.79 Å². The molecule has 0 aliphatic carbocycles. The van der Waals surface area contributed by atoms with E-state index in [1.807, 2.05) is 41.5 Å². The lowest BCUT2D eigenvalue weighted by Gasteiger charge is -2.30. The van der Waals surface area contributed by atoms with Gasteiger partial charge < -0.3 is 20.5 Å². The molecule has 0 atom stereocenters. The zero-order chi connectivity index (χ0) is 23.7. The fraction of sp³-hybridized carbons (Fsp3) is 0.375. The fourth-order valence-electron chi connectivity index (χ4n) is 4.39. The van der Waals surface area contributed by atoms with Gasteiger partial charge in [-0.05, 0) is 44.4 Å². The monoisotopic (exact) mass is 459 g/mol. The average molecular weight is 460 g/mol. The molecule has 34 heavy (non-hydrogen) atoms. The van der Waals surface area contributed by atoms with Crippen molar-refractivity contribution in [3.63, 3.8) is 0 Å². The van der Waals surface area contributed by atoms with Crippen LogP contribution in [-0.4, -0.2) is 48.3 Å². The van der Waals surface area contributed by atoms with Crippen LogP contribution in [-0.2, 0) is 11.3 Å². The number of nitrogens with one attached hydrogen (secondary N) is 1. The van der Waals surface area contributed by atoms with Gasteiger partial charge in [-0.25, -0.2) is 9.67 Å². The number of primary amides is 1. The first kappa shape index (κ1) is 21.9. The average Bonchev–Trinajstić information content (AvgIpc) is 3.53. The molecule has 1 saturated heterocycles. The van der Waals surface area contributed by atoms with E-state index in [1.165, 1.54) is 0 Å². The summed E-state index contributed by atoms with van der Waals surface area (Å²) in [6.45, 7) is 6.15. The minimum Gasteiger partial charge on any atom is -0.369 e. The Balaban J connectivity index is 1.47. The van der Waals surface area contributed by atoms with Crippen molar-refractivity contribution in [1.29, 1.82) is 0 Å². The molecule has 4 aromatic rings. The molecule has 0 bridgehead atoms. The normalized spacial score (nSPS) is 14.7. The van der Waals surface area contributed by atoms with Crippen LogP contribution in [0.4, 0.5) is 11.8 Å². The zero-order valence-electron chi connectivity index (χ0n) is 19.4. The first-order valence-corrected chi connectivity index (χ1v) is 11.6. The highest BCUT2D eigenvalue weighted by molar-refractivity contribution is 5.84. The highest BCUT2D eigenvalue weighted by Gasteiger charge is 2.26. The Hall–Kier alpha value is -3.95. The summed E-state index contributed by atoms with van der Waals surface area (Å²) in [5.41, 5.74) is 9.14. The predicted molar refractivity (Wildman–Crippen MR) is 131 cm³/mol. The summed E-state index contributed by atoms with van der Waals surface area (Å²) in [6, 6.07) is 10.3. The molecule has 10 heteroatoms. The lowest BCUT2D eigenvalue weighted by molar-refractivity contribution is -0.122. The predicted octanol–water partition coefficient (Wildman–Crippen LogP) is 2.91. The Morgan fingerprint density at radius 3 is 2.68 bits per heavy atom. The number of carbonyl (C=O) groups is 1. The maximum Gasteiger partial charge on any atom is 0.229 e. The van der Waals surface area contributed by atoms with Crippen LogP contribution >= 0.6 is 0 Å². The lowest BCUT2D eigenvalue weighted by atomic mass is 9.96. The van der Waals surface area contributed by atoms with E-state index in [0.29, 0.717) is 44.2 Å². The molecule has 4 heterocycles. The topological polar surface area (TPSA) is 120 Å². The van der Waals surface area contributed by atoms with Crippen molar-refractivity contribution >= 4 is 28.8 Å². The van der Waals surface area contributed by atoms with Gasteiger partial charge in [0, 0.05) is 44.0 Å². The van der Waals surface area contributed by atoms with E-state index in [1.54, 1.807) is 6.20 Å². The smallest absolute Gasteiger partial charge is 0.229 e. The second kappa shape index (κ2) is 9.12. The minimum atomic E-state index is -0.230. The number of amides is 1. The number of piperidine rings is 1. The highest BCUT2D eigenvalue weighted by Crippen LogP contribution is 2.28. The van der Waals surface area contributed by atoms with Gasteiger partial charge in [-0.3, -0.25) is 4.79 Å². The van der Waals surface area contributed by atoms with E-state index in [-0.39, 0.29) is 17.9 Å². The maximum absolute atomic E-state index is 11.6. The van der Waals surface area contributed by atoms with Gasteiger partial charge in [0.2, 0.25) is 11.9 Å². The van der Waals surface area contributed by atoms with Crippen LogP contribution in [0.15, 0.2) is 49.1 Å². The van der Waals surface area contributed by atoms with Crippen molar-refractivity contribution in [3.8, 4) is 5.69 Å². The van der Waals surface area contributed by atoms with Crippen LogP contribution in [0.1, 0.15) is 38.3 Å². The Kier molecular flexibility index (Phi) is 5.87. The molecular formula is C24H29N9O. The van der Waals surface area contributed by atoms with Gasteiger partial charge in [-0.1, -0.05) is 18.2 Å². The lowest BCUT2D eigenvalue weighted by Crippen LogP contribution is -2.39. The third-order valence-electron chi connectivity index (χ3n) is 6.34. The van der Waals surface area contributed by atoms with E-state index in [4.69, 9.17) is 15.7 Å². The third-order valence-corrected chi connectivity index (χ3v) is 6.34. The molecule has 0 radical (unpaired) electrons. The van der Waals surface area contributed by atoms with Crippen molar-refractivity contribution in [3.05, 3.63) is 54.6 Å². The second-order valence-electron chi connectivity index (χ2n) is 8.89. The second-order valence-corrected chi connectivity index (χ2v) is 8.89. The molecule has 3 aromatic heterocycles. The van der Waals surface area contributed by atoms with Gasteiger partial charge in [0.05, 0.1) is 12.0 Å². The van der Waals surface area contributed by atoms with Crippen molar-refractivity contribution in [2.24, 2.45) is 11.7 Å². The zero-order valence-corrected chi connectivity index (χ0v) is 19.4. The number of hydrogen-bond donors (Lipinski definition) is 2. The fourth-order valence-corrected chi connectivity index (χ4v) is 4.39. The summed E-state index contributed by atoms with van der Waals surface area (Å²) in [5, 5.41) is 7.87. The maximum atomic E-state index is 11.6. The number of rotatable bonds is 7. The Morgan fingerprint density at radius 1 is 1.18 bits per heavy atom. The first-order chi connectivity index (χ1) is 16.5. The summed E-state index contributed by atoms with van der Waals surface area (Å²) < 4.78 is 3.91. The number of imidazole rings is 1. The number of anilines is 2. The van der Waals surface area contributed by atoms with Gasteiger partial charge >= 0.3 is 0 Å². The first-order valence-electron chi connectivity index (χ1n) is 11.6. The summed E-state index contributed by atoms with van der Waals surface area (Å²) in [4.78, 5) is 28.1. The SMILES string of the molecule is CC(C)n1cnc2c(NCc3ccccc3-n3cccn3)nc(N3CCC(C(N)=O)CC3)nc21. The summed E-state index contributed by atoms with van der Waals surface area (Å²) in [7, 11) is 0. The third kappa shape index (κ3) is 4.18. The molecule has 1 aliphatic heterocycles. The van der Waals surface area contributed by atoms with E-state index in [2.05, 4.69) is 44.8 Å². The standard InChI is InChI=1S/C24H29N9O/c1-16(2)32-15-27-20-22(26-14-18-6-3-4-7-19(18)33-11-5-10-28-33)29-24(30-23(20)32)31-12-8-17(9-13-31)21(25)34/h3-7,10-11,15-17H,8-9,12-14H2,1-2H3,(H2,25,34)(H,26,29,30). The Bertz CT molecular complexity index is 1290. The molecule has 1 aromatic carbocycles. The van der Waals surface area contributed by atoms with Crippen molar-refractivity contribution in [2.45, 2.75) is 39.3 Å². The quantitative estimate of drug-likeness (QED) is 0.436. The van der Waals surface area contributed by atoms with Crippen molar-refractivity contribution < 1.29 is 4.79 Å². The van der Waals surface area contributed by atoms with Gasteiger partial charge in [0.1, 0.15) is 0 Å². The number of benzene rings is 1. The van der Waals surface area contributed by atoms with Gasteiger partial charge in [-0.2, -0.15) is 15.1 Å². The molecule has 1 fully saturated rings. The molecule has 0 spiro atoms. The van der Waals surface area contributed by atoms with Crippen LogP contribution in [0.5, 0.6) is 0 Å². The van der Waals surface area contributed by atoms with Gasteiger partial charge in [-0.15, -0.1) is 0 Å². The van der Waals surface area contributed by atoms with Crippen LogP contribution in [0.25, 0.3) is 16.9 Å². The molecule has 5 rings (SSSR count). The summed E-state index contributed by atoms with van der Waals surface area (Å²) >= 11 is 0. The Labute approximate surface area is 197 Å². The molecule has 0 unspecified atom stereocenters. The molecule has 3 N–H and O–H groups in total. The number of hydrogen-bond acceptors (Lipinski definition) is 7. The van der Waals surface area contributed by atoms with Crippen LogP contribution < -0.4 is 16.0 Å². The molecule has 176 valence electrons. The van der Waals surface area contributed by atoms with E-state index < -0.39 is 0 Å². The van der Waals surface area contributed by atoms with E-state index >= 15 is 0 Å². The number of fused-ring (bicyclic) bond motifs is 1. The van der Waals surface area contributed by atoms with Crippen molar-refractivity contribution in [2.75, 3.05) is 23.3 Å². The molecule has 0 saturated carbocycles. The largest absolute Gasteiger partial charge is 0.369 e. The number of para-hydroxylation sites is 1. The number of nitrogens with zero attached hydrogens (tertiary/aromatic N) is 7. The van der Waals surface area contributed by atoms with E-state index in [0.717, 1.165) is 22.4 Å².